The zero-order chi connectivity index (χ0) is 12.6. The molecule has 1 N–H and O–H groups in total. The van der Waals surface area contributed by atoms with Crippen molar-refractivity contribution in [3.8, 4) is 0 Å². The predicted molar refractivity (Wildman–Crippen MR) is 60.8 cm³/mol. The maximum atomic E-state index is 11.7. The molecule has 7 nitrogen and oxygen atoms in total. The van der Waals surface area contributed by atoms with Crippen LogP contribution < -0.4 is 4.72 Å². The molecule has 0 atom stereocenters. The van der Waals surface area contributed by atoms with Crippen LogP contribution in [0.1, 0.15) is 10.4 Å². The Morgan fingerprint density at radius 2 is 2.12 bits per heavy atom. The van der Waals surface area contributed by atoms with E-state index in [2.05, 4.69) is 9.97 Å². The largest absolute Gasteiger partial charge is 0.318 e. The van der Waals surface area contributed by atoms with E-state index in [0.717, 1.165) is 6.26 Å². The van der Waals surface area contributed by atoms with Crippen molar-refractivity contribution < 1.29 is 13.2 Å². The van der Waals surface area contributed by atoms with Gasteiger partial charge in [0.05, 0.1) is 18.1 Å². The van der Waals surface area contributed by atoms with Crippen molar-refractivity contribution in [2.75, 3.05) is 6.26 Å². The number of amides is 1. The maximum Gasteiger partial charge on any atom is 0.267 e. The summed E-state index contributed by atoms with van der Waals surface area (Å²) in [5, 5.41) is 0. The van der Waals surface area contributed by atoms with Gasteiger partial charge in [-0.2, -0.15) is 0 Å². The molecule has 0 unspecified atom stereocenters. The van der Waals surface area contributed by atoms with Crippen molar-refractivity contribution in [3.63, 3.8) is 0 Å². The lowest BCUT2D eigenvalue weighted by atomic mass is 10.2. The molecule has 90 valence electrons. The third-order valence-electron chi connectivity index (χ3n) is 2.12. The van der Waals surface area contributed by atoms with Crippen molar-refractivity contribution >= 4 is 27.1 Å². The van der Waals surface area contributed by atoms with Crippen molar-refractivity contribution in [2.45, 2.75) is 0 Å². The number of aromatic nitrogens is 3. The van der Waals surface area contributed by atoms with Gasteiger partial charge < -0.3 is 4.57 Å². The van der Waals surface area contributed by atoms with Crippen LogP contribution in [-0.2, 0) is 17.1 Å². The van der Waals surface area contributed by atoms with E-state index in [0.29, 0.717) is 11.2 Å². The van der Waals surface area contributed by atoms with Crippen molar-refractivity contribution in [2.24, 2.45) is 7.05 Å². The molecular weight excluding hydrogens is 244 g/mol. The topological polar surface area (TPSA) is 94.0 Å². The quantitative estimate of drug-likeness (QED) is 0.791. The fraction of sp³-hybridized carbons (Fsp3) is 0.222. The summed E-state index contributed by atoms with van der Waals surface area (Å²) in [6.07, 6.45) is 3.86. The number of nitrogens with one attached hydrogen (secondary N) is 1. The first kappa shape index (κ1) is 11.5. The number of nitrogens with zero attached hydrogens (tertiary/aromatic N) is 3. The van der Waals surface area contributed by atoms with Gasteiger partial charge in [0.25, 0.3) is 5.91 Å². The number of sulfonamides is 1. The van der Waals surface area contributed by atoms with Crippen LogP contribution in [0.3, 0.4) is 0 Å². The number of hydrogen-bond donors (Lipinski definition) is 1. The third-order valence-corrected chi connectivity index (χ3v) is 2.68. The lowest BCUT2D eigenvalue weighted by molar-refractivity contribution is 0.0983. The van der Waals surface area contributed by atoms with Gasteiger partial charge in [-0.3, -0.25) is 4.79 Å². The minimum Gasteiger partial charge on any atom is -0.318 e. The molecule has 0 saturated heterocycles. The first-order valence-corrected chi connectivity index (χ1v) is 6.56. The normalized spacial score (nSPS) is 11.6. The van der Waals surface area contributed by atoms with Gasteiger partial charge in [0.1, 0.15) is 5.52 Å². The van der Waals surface area contributed by atoms with Gasteiger partial charge in [-0.25, -0.2) is 23.1 Å². The highest BCUT2D eigenvalue weighted by Gasteiger charge is 2.16. The first-order valence-electron chi connectivity index (χ1n) is 4.66. The Balaban J connectivity index is 2.53. The smallest absolute Gasteiger partial charge is 0.267 e. The van der Waals surface area contributed by atoms with E-state index >= 15 is 0 Å². The number of imidazole rings is 1. The molecule has 0 saturated carbocycles. The number of carbonyl (C=O) groups is 1. The molecular formula is C9H10N4O3S. The molecule has 0 radical (unpaired) electrons. The standard InChI is InChI=1S/C9H10N4O3S/c1-13-5-11-7-6(3-4-10-8(7)13)9(14)12-17(2,15)16/h3-5H,1-2H3,(H,12,14). The lowest BCUT2D eigenvalue weighted by Gasteiger charge is -2.03. The Morgan fingerprint density at radius 3 is 2.76 bits per heavy atom. The SMILES string of the molecule is Cn1cnc2c(C(=O)NS(C)(=O)=O)ccnc21. The Morgan fingerprint density at radius 1 is 1.41 bits per heavy atom. The van der Waals surface area contributed by atoms with Gasteiger partial charge in [-0.1, -0.05) is 0 Å². The molecule has 0 aliphatic rings. The zero-order valence-electron chi connectivity index (χ0n) is 9.21. The Bertz CT molecular complexity index is 689. The van der Waals surface area contributed by atoms with Crippen LogP contribution in [0.25, 0.3) is 11.2 Å². The summed E-state index contributed by atoms with van der Waals surface area (Å²) in [4.78, 5) is 19.8. The maximum absolute atomic E-state index is 11.7. The molecule has 17 heavy (non-hydrogen) atoms. The number of aryl methyl sites for hydroxylation is 1. The van der Waals surface area contributed by atoms with Gasteiger partial charge in [-0.05, 0) is 6.07 Å². The summed E-state index contributed by atoms with van der Waals surface area (Å²) in [6, 6.07) is 1.43. The van der Waals surface area contributed by atoms with Crippen LogP contribution >= 0.6 is 0 Å². The summed E-state index contributed by atoms with van der Waals surface area (Å²) in [7, 11) is -1.85. The van der Waals surface area contributed by atoms with E-state index in [1.54, 1.807) is 11.6 Å². The van der Waals surface area contributed by atoms with Crippen molar-refractivity contribution in [1.29, 1.82) is 0 Å². The predicted octanol–water partition coefficient (Wildman–Crippen LogP) is -0.342. The second kappa shape index (κ2) is 3.81. The number of carbonyl (C=O) groups excluding carboxylic acids is 1. The average molecular weight is 254 g/mol. The molecule has 0 aliphatic carbocycles. The Labute approximate surface area is 97.5 Å². The minimum absolute atomic E-state index is 0.182. The molecule has 8 heteroatoms. The summed E-state index contributed by atoms with van der Waals surface area (Å²) < 4.78 is 25.5. The Hall–Kier alpha value is -1.96. The number of pyridine rings is 1. The van der Waals surface area contributed by atoms with Crippen LogP contribution in [-0.4, -0.2) is 35.1 Å². The zero-order valence-corrected chi connectivity index (χ0v) is 10.0. The molecule has 2 heterocycles. The molecule has 0 aliphatic heterocycles. The van der Waals surface area contributed by atoms with Gasteiger partial charge in [-0.15, -0.1) is 0 Å². The van der Waals surface area contributed by atoms with Crippen LogP contribution in [0.4, 0.5) is 0 Å². The fourth-order valence-electron chi connectivity index (χ4n) is 1.43. The highest BCUT2D eigenvalue weighted by atomic mass is 32.2. The van der Waals surface area contributed by atoms with E-state index in [1.165, 1.54) is 18.6 Å². The molecule has 0 bridgehead atoms. The van der Waals surface area contributed by atoms with Gasteiger partial charge in [0.2, 0.25) is 10.0 Å². The molecule has 2 aromatic rings. The first-order chi connectivity index (χ1) is 7.88. The number of fused-ring (bicyclic) bond motifs is 1. The lowest BCUT2D eigenvalue weighted by Crippen LogP contribution is -2.29. The summed E-state index contributed by atoms with van der Waals surface area (Å²) in [5.74, 6) is -0.710. The van der Waals surface area contributed by atoms with Crippen molar-refractivity contribution in [1.82, 2.24) is 19.3 Å². The fourth-order valence-corrected chi connectivity index (χ4v) is 1.88. The number of hydrogen-bond acceptors (Lipinski definition) is 5. The van der Waals surface area contributed by atoms with E-state index in [1.807, 2.05) is 4.72 Å². The monoisotopic (exact) mass is 254 g/mol. The highest BCUT2D eigenvalue weighted by Crippen LogP contribution is 2.13. The average Bonchev–Trinajstić information content (AvgIpc) is 2.58. The van der Waals surface area contributed by atoms with Gasteiger partial charge >= 0.3 is 0 Å². The van der Waals surface area contributed by atoms with Crippen LogP contribution in [0.15, 0.2) is 18.6 Å². The molecule has 2 aromatic heterocycles. The van der Waals surface area contributed by atoms with Crippen LogP contribution in [0.2, 0.25) is 0 Å². The van der Waals surface area contributed by atoms with E-state index in [9.17, 15) is 13.2 Å². The summed E-state index contributed by atoms with van der Waals surface area (Å²) in [6.45, 7) is 0. The van der Waals surface area contributed by atoms with E-state index in [-0.39, 0.29) is 5.56 Å². The second-order valence-electron chi connectivity index (χ2n) is 3.59. The Kier molecular flexibility index (Phi) is 2.58. The summed E-state index contributed by atoms with van der Waals surface area (Å²) >= 11 is 0. The molecule has 0 aromatic carbocycles. The molecule has 2 rings (SSSR count). The van der Waals surface area contributed by atoms with Crippen LogP contribution in [0, 0.1) is 0 Å². The second-order valence-corrected chi connectivity index (χ2v) is 5.34. The molecule has 0 spiro atoms. The van der Waals surface area contributed by atoms with Crippen molar-refractivity contribution in [3.05, 3.63) is 24.2 Å². The minimum atomic E-state index is -3.59. The van der Waals surface area contributed by atoms with Gasteiger partial charge in [0.15, 0.2) is 5.65 Å². The van der Waals surface area contributed by atoms with E-state index in [4.69, 9.17) is 0 Å². The van der Waals surface area contributed by atoms with Gasteiger partial charge in [0, 0.05) is 13.2 Å². The number of rotatable bonds is 2. The van der Waals surface area contributed by atoms with Crippen LogP contribution in [0.5, 0.6) is 0 Å². The highest BCUT2D eigenvalue weighted by molar-refractivity contribution is 7.89. The molecule has 0 fully saturated rings. The third kappa shape index (κ3) is 2.26. The summed E-state index contributed by atoms with van der Waals surface area (Å²) in [5.41, 5.74) is 1.07. The molecule has 1 amide bonds. The van der Waals surface area contributed by atoms with E-state index < -0.39 is 15.9 Å².